The monoisotopic (exact) mass is 250 g/mol. The van der Waals surface area contributed by atoms with Gasteiger partial charge in [0.25, 0.3) is 0 Å². The molecule has 0 bridgehead atoms. The molecule has 1 aromatic rings. The van der Waals surface area contributed by atoms with Crippen molar-refractivity contribution < 1.29 is 4.42 Å². The van der Waals surface area contributed by atoms with Gasteiger partial charge in [0.1, 0.15) is 11.5 Å². The van der Waals surface area contributed by atoms with Crippen LogP contribution in [0.1, 0.15) is 51.6 Å². The second-order valence-electron chi connectivity index (χ2n) is 6.05. The first-order valence-electron chi connectivity index (χ1n) is 7.03. The fourth-order valence-electron chi connectivity index (χ4n) is 1.85. The van der Waals surface area contributed by atoms with E-state index in [9.17, 15) is 0 Å². The molecule has 0 saturated heterocycles. The molecule has 1 saturated carbocycles. The molecule has 0 radical (unpaired) electrons. The summed E-state index contributed by atoms with van der Waals surface area (Å²) in [5.41, 5.74) is 0.221. The molecule has 1 N–H and O–H groups in total. The van der Waals surface area contributed by atoms with E-state index < -0.39 is 0 Å². The van der Waals surface area contributed by atoms with Crippen LogP contribution < -0.4 is 5.32 Å². The van der Waals surface area contributed by atoms with E-state index in [0.29, 0.717) is 0 Å². The Morgan fingerprint density at radius 1 is 1.33 bits per heavy atom. The zero-order valence-electron chi connectivity index (χ0n) is 12.1. The van der Waals surface area contributed by atoms with Crippen LogP contribution in [-0.2, 0) is 13.1 Å². The minimum absolute atomic E-state index is 0.221. The van der Waals surface area contributed by atoms with E-state index in [4.69, 9.17) is 4.42 Å². The van der Waals surface area contributed by atoms with Crippen molar-refractivity contribution in [3.8, 4) is 0 Å². The Morgan fingerprint density at radius 3 is 2.61 bits per heavy atom. The molecule has 0 aliphatic heterocycles. The fraction of sp³-hybridized carbons (Fsp3) is 0.733. The molecule has 1 aliphatic carbocycles. The van der Waals surface area contributed by atoms with Gasteiger partial charge < -0.3 is 9.73 Å². The lowest BCUT2D eigenvalue weighted by Gasteiger charge is -2.34. The second-order valence-corrected chi connectivity index (χ2v) is 6.05. The molecule has 1 fully saturated rings. The molecule has 0 amide bonds. The van der Waals surface area contributed by atoms with Crippen LogP contribution in [0, 0.1) is 0 Å². The van der Waals surface area contributed by atoms with Crippen LogP contribution in [0.2, 0.25) is 0 Å². The quantitative estimate of drug-likeness (QED) is 0.806. The van der Waals surface area contributed by atoms with Crippen molar-refractivity contribution in [1.82, 2.24) is 10.2 Å². The molecule has 0 spiro atoms. The van der Waals surface area contributed by atoms with E-state index in [1.54, 1.807) is 0 Å². The molecule has 1 heterocycles. The van der Waals surface area contributed by atoms with Gasteiger partial charge in [-0.2, -0.15) is 0 Å². The maximum Gasteiger partial charge on any atom is 0.118 e. The number of hydrogen-bond donors (Lipinski definition) is 1. The molecule has 0 unspecified atom stereocenters. The molecule has 102 valence electrons. The molecule has 1 aliphatic rings. The summed E-state index contributed by atoms with van der Waals surface area (Å²) < 4.78 is 5.87. The molecular formula is C15H26N2O. The third-order valence-corrected chi connectivity index (χ3v) is 4.15. The maximum absolute atomic E-state index is 5.87. The molecular weight excluding hydrogens is 224 g/mol. The zero-order valence-corrected chi connectivity index (χ0v) is 12.1. The Morgan fingerprint density at radius 2 is 2.00 bits per heavy atom. The normalized spacial score (nSPS) is 16.5. The van der Waals surface area contributed by atoms with Crippen LogP contribution in [0.4, 0.5) is 0 Å². The van der Waals surface area contributed by atoms with Gasteiger partial charge in [-0.1, -0.05) is 6.92 Å². The summed E-state index contributed by atoms with van der Waals surface area (Å²) in [5, 5.41) is 3.47. The van der Waals surface area contributed by atoms with Crippen molar-refractivity contribution in [2.24, 2.45) is 0 Å². The Kier molecular flexibility index (Phi) is 4.13. The van der Waals surface area contributed by atoms with E-state index >= 15 is 0 Å². The lowest BCUT2D eigenvalue weighted by atomic mass is 10.00. The number of nitrogens with one attached hydrogen (secondary N) is 1. The number of furan rings is 1. The highest BCUT2D eigenvalue weighted by Crippen LogP contribution is 2.21. The Labute approximate surface area is 111 Å². The van der Waals surface area contributed by atoms with E-state index in [1.807, 2.05) is 0 Å². The van der Waals surface area contributed by atoms with Crippen LogP contribution in [-0.4, -0.2) is 23.5 Å². The Bertz CT molecular complexity index is 380. The smallest absolute Gasteiger partial charge is 0.118 e. The molecule has 0 atom stereocenters. The zero-order chi connectivity index (χ0) is 13.2. The Balaban J connectivity index is 1.85. The average Bonchev–Trinajstić information content (AvgIpc) is 3.07. The SMILES string of the molecule is CCC(C)(C)N(C)Cc1ccc(CNC2CC2)o1. The van der Waals surface area contributed by atoms with Crippen molar-refractivity contribution in [3.63, 3.8) is 0 Å². The molecule has 3 nitrogen and oxygen atoms in total. The van der Waals surface area contributed by atoms with Crippen molar-refractivity contribution in [2.75, 3.05) is 7.05 Å². The van der Waals surface area contributed by atoms with Gasteiger partial charge in [0.15, 0.2) is 0 Å². The van der Waals surface area contributed by atoms with Crippen LogP contribution in [0.5, 0.6) is 0 Å². The molecule has 2 rings (SSSR count). The minimum Gasteiger partial charge on any atom is -0.463 e. The number of nitrogens with zero attached hydrogens (tertiary/aromatic N) is 1. The summed E-state index contributed by atoms with van der Waals surface area (Å²) >= 11 is 0. The summed E-state index contributed by atoms with van der Waals surface area (Å²) in [6.45, 7) is 8.51. The molecule has 18 heavy (non-hydrogen) atoms. The van der Waals surface area contributed by atoms with Crippen LogP contribution in [0.25, 0.3) is 0 Å². The summed E-state index contributed by atoms with van der Waals surface area (Å²) in [5.74, 6) is 2.12. The lowest BCUT2D eigenvalue weighted by molar-refractivity contribution is 0.132. The summed E-state index contributed by atoms with van der Waals surface area (Å²) in [6.07, 6.45) is 3.78. The van der Waals surface area contributed by atoms with E-state index in [1.165, 1.54) is 12.8 Å². The van der Waals surface area contributed by atoms with Crippen molar-refractivity contribution in [2.45, 2.75) is 64.7 Å². The third kappa shape index (κ3) is 3.59. The average molecular weight is 250 g/mol. The van der Waals surface area contributed by atoms with Crippen molar-refractivity contribution in [3.05, 3.63) is 23.7 Å². The van der Waals surface area contributed by atoms with Crippen molar-refractivity contribution >= 4 is 0 Å². The molecule has 1 aromatic heterocycles. The van der Waals surface area contributed by atoms with Gasteiger partial charge >= 0.3 is 0 Å². The highest BCUT2D eigenvalue weighted by molar-refractivity contribution is 5.08. The van der Waals surface area contributed by atoms with Crippen molar-refractivity contribution in [1.29, 1.82) is 0 Å². The first kappa shape index (κ1) is 13.6. The van der Waals surface area contributed by atoms with Crippen LogP contribution in [0.15, 0.2) is 16.5 Å². The minimum atomic E-state index is 0.221. The lowest BCUT2D eigenvalue weighted by Crippen LogP contribution is -2.39. The van der Waals surface area contributed by atoms with Gasteiger partial charge in [0.2, 0.25) is 0 Å². The molecule has 3 heteroatoms. The summed E-state index contributed by atoms with van der Waals surface area (Å²) in [7, 11) is 2.16. The first-order chi connectivity index (χ1) is 8.51. The van der Waals surface area contributed by atoms with Gasteiger partial charge in [0.05, 0.1) is 13.1 Å². The fourth-order valence-corrected chi connectivity index (χ4v) is 1.85. The van der Waals surface area contributed by atoms with Gasteiger partial charge in [-0.15, -0.1) is 0 Å². The highest BCUT2D eigenvalue weighted by Gasteiger charge is 2.23. The number of rotatable bonds is 7. The maximum atomic E-state index is 5.87. The largest absolute Gasteiger partial charge is 0.463 e. The summed E-state index contributed by atoms with van der Waals surface area (Å²) in [6, 6.07) is 4.93. The second kappa shape index (κ2) is 5.45. The van der Waals surface area contributed by atoms with Crippen LogP contribution in [0.3, 0.4) is 0 Å². The van der Waals surface area contributed by atoms with Gasteiger partial charge in [-0.3, -0.25) is 4.90 Å². The topological polar surface area (TPSA) is 28.4 Å². The predicted octanol–water partition coefficient (Wildman–Crippen LogP) is 3.15. The van der Waals surface area contributed by atoms with E-state index in [-0.39, 0.29) is 5.54 Å². The van der Waals surface area contributed by atoms with E-state index in [2.05, 4.69) is 50.2 Å². The number of hydrogen-bond acceptors (Lipinski definition) is 3. The molecule has 0 aromatic carbocycles. The van der Waals surface area contributed by atoms with Gasteiger partial charge in [-0.25, -0.2) is 0 Å². The van der Waals surface area contributed by atoms with E-state index in [0.717, 1.165) is 37.1 Å². The first-order valence-corrected chi connectivity index (χ1v) is 7.03. The predicted molar refractivity (Wildman–Crippen MR) is 74.4 cm³/mol. The third-order valence-electron chi connectivity index (χ3n) is 4.15. The summed E-state index contributed by atoms with van der Waals surface area (Å²) in [4.78, 5) is 2.35. The standard InChI is InChI=1S/C15H26N2O/c1-5-15(2,3)17(4)11-14-9-8-13(18-14)10-16-12-6-7-12/h8-9,12,16H,5-7,10-11H2,1-4H3. The Hall–Kier alpha value is -0.800. The highest BCUT2D eigenvalue weighted by atomic mass is 16.3. The van der Waals surface area contributed by atoms with Gasteiger partial charge in [-0.05, 0) is 52.3 Å². The van der Waals surface area contributed by atoms with Crippen LogP contribution >= 0.6 is 0 Å². The van der Waals surface area contributed by atoms with Gasteiger partial charge in [0, 0.05) is 11.6 Å².